The van der Waals surface area contributed by atoms with Gasteiger partial charge in [0.25, 0.3) is 0 Å². The van der Waals surface area contributed by atoms with Crippen LogP contribution < -0.4 is 10.6 Å². The van der Waals surface area contributed by atoms with E-state index in [1.54, 1.807) is 38.7 Å². The van der Waals surface area contributed by atoms with Crippen LogP contribution in [0, 0.1) is 0 Å². The molecular formula is C26H34BF3N4O4. The van der Waals surface area contributed by atoms with E-state index in [0.29, 0.717) is 31.9 Å². The average Bonchev–Trinajstić information content (AvgIpc) is 3.04. The third-order valence-electron chi connectivity index (χ3n) is 8.15. The molecule has 206 valence electrons. The molecule has 12 heteroatoms. The summed E-state index contributed by atoms with van der Waals surface area (Å²) in [5.41, 5.74) is 1.63. The number of amides is 2. The molecule has 8 nitrogen and oxygen atoms in total. The lowest BCUT2D eigenvalue weighted by Gasteiger charge is -2.41. The van der Waals surface area contributed by atoms with Gasteiger partial charge >= 0.3 is 13.3 Å². The Morgan fingerprint density at radius 2 is 1.66 bits per heavy atom. The Morgan fingerprint density at radius 1 is 1.05 bits per heavy atom. The number of rotatable bonds is 5. The zero-order chi connectivity index (χ0) is 28.1. The van der Waals surface area contributed by atoms with E-state index in [9.17, 15) is 9.59 Å². The van der Waals surface area contributed by atoms with E-state index in [4.69, 9.17) is 15.0 Å². The van der Waals surface area contributed by atoms with Crippen molar-refractivity contribution in [1.82, 2.24) is 9.88 Å². The Kier molecular flexibility index (Phi) is 7.20. The highest BCUT2D eigenvalue weighted by Gasteiger charge is 2.65. The monoisotopic (exact) mass is 534 g/mol. The molecule has 3 aliphatic rings. The predicted octanol–water partition coefficient (Wildman–Crippen LogP) is 3.31. The molecular weight excluding hydrogens is 500 g/mol. The number of pyridine rings is 1. The Balaban J connectivity index is 1.74. The highest BCUT2D eigenvalue weighted by atomic mass is 19.4. The molecule has 0 aromatic carbocycles. The van der Waals surface area contributed by atoms with Crippen LogP contribution in [0.3, 0.4) is 0 Å². The summed E-state index contributed by atoms with van der Waals surface area (Å²) in [6.07, 6.45) is -1.35. The van der Waals surface area contributed by atoms with Gasteiger partial charge in [0, 0.05) is 39.5 Å². The van der Waals surface area contributed by atoms with Crippen molar-refractivity contribution >= 4 is 24.6 Å². The summed E-state index contributed by atoms with van der Waals surface area (Å²) in [4.78, 5) is 31.3. The first kappa shape index (κ1) is 28.2. The van der Waals surface area contributed by atoms with Gasteiger partial charge in [-0.2, -0.15) is 13.2 Å². The molecule has 38 heavy (non-hydrogen) atoms. The van der Waals surface area contributed by atoms with Crippen LogP contribution in [-0.4, -0.2) is 72.4 Å². The van der Waals surface area contributed by atoms with E-state index in [2.05, 4.69) is 4.98 Å². The van der Waals surface area contributed by atoms with Gasteiger partial charge in [0.05, 0.1) is 28.8 Å². The second kappa shape index (κ2) is 9.71. The van der Waals surface area contributed by atoms with Crippen LogP contribution >= 0.6 is 0 Å². The van der Waals surface area contributed by atoms with Crippen molar-refractivity contribution in [2.45, 2.75) is 70.3 Å². The quantitative estimate of drug-likeness (QED) is 0.583. The molecule has 1 atom stereocenters. The van der Waals surface area contributed by atoms with E-state index in [1.807, 2.05) is 4.90 Å². The van der Waals surface area contributed by atoms with Crippen molar-refractivity contribution in [2.24, 2.45) is 5.73 Å². The maximum Gasteiger partial charge on any atom is 0.491 e. The summed E-state index contributed by atoms with van der Waals surface area (Å²) >= 11 is 0. The van der Waals surface area contributed by atoms with Gasteiger partial charge in [-0.3, -0.25) is 14.6 Å². The van der Waals surface area contributed by atoms with Crippen LogP contribution in [0.5, 0.6) is 0 Å². The topological polar surface area (TPSA) is 98.0 Å². The smallest absolute Gasteiger partial charge is 0.400 e. The number of hydrogen-bond donors (Lipinski definition) is 1. The summed E-state index contributed by atoms with van der Waals surface area (Å²) in [6.45, 7) is 10.8. The minimum atomic E-state index is -4.79. The fourth-order valence-corrected chi connectivity index (χ4v) is 5.20. The first-order valence-corrected chi connectivity index (χ1v) is 12.7. The van der Waals surface area contributed by atoms with Gasteiger partial charge in [-0.05, 0) is 51.7 Å². The van der Waals surface area contributed by atoms with Crippen LogP contribution in [0.2, 0.25) is 0 Å². The summed E-state index contributed by atoms with van der Waals surface area (Å²) < 4.78 is 57.9. The molecule has 0 bridgehead atoms. The third-order valence-corrected chi connectivity index (χ3v) is 8.15. The first-order valence-electron chi connectivity index (χ1n) is 12.7. The molecule has 0 radical (unpaired) electrons. The van der Waals surface area contributed by atoms with E-state index in [0.717, 1.165) is 0 Å². The number of halogens is 3. The first-order chi connectivity index (χ1) is 17.6. The van der Waals surface area contributed by atoms with Crippen molar-refractivity contribution in [1.29, 1.82) is 0 Å². The minimum absolute atomic E-state index is 0.00983. The average molecular weight is 534 g/mol. The predicted molar refractivity (Wildman–Crippen MR) is 137 cm³/mol. The molecule has 2 saturated heterocycles. The molecule has 0 saturated carbocycles. The lowest BCUT2D eigenvalue weighted by molar-refractivity contribution is -0.179. The number of nitrogens with two attached hydrogens (primary N) is 1. The van der Waals surface area contributed by atoms with E-state index in [1.165, 1.54) is 31.3 Å². The fourth-order valence-electron chi connectivity index (χ4n) is 5.20. The van der Waals surface area contributed by atoms with Crippen LogP contribution in [0.4, 0.5) is 18.9 Å². The van der Waals surface area contributed by atoms with E-state index >= 15 is 13.2 Å². The van der Waals surface area contributed by atoms with Crippen LogP contribution in [0.25, 0.3) is 0 Å². The zero-order valence-corrected chi connectivity index (χ0v) is 22.4. The van der Waals surface area contributed by atoms with Crippen LogP contribution in [0.15, 0.2) is 41.5 Å². The van der Waals surface area contributed by atoms with Crippen molar-refractivity contribution in [3.8, 4) is 0 Å². The number of hydrogen-bond acceptors (Lipinski definition) is 6. The number of anilines is 1. The summed E-state index contributed by atoms with van der Waals surface area (Å²) in [5, 5.41) is 0. The second-order valence-corrected chi connectivity index (χ2v) is 11.2. The number of nitrogens with zero attached hydrogens (tertiary/aromatic N) is 3. The summed E-state index contributed by atoms with van der Waals surface area (Å²) in [6, 6.07) is 3.00. The number of piperazine rings is 1. The Bertz CT molecular complexity index is 1140. The van der Waals surface area contributed by atoms with Gasteiger partial charge in [-0.1, -0.05) is 17.7 Å². The molecule has 2 N–H and O–H groups in total. The van der Waals surface area contributed by atoms with Crippen LogP contribution in [-0.2, 0) is 24.3 Å². The Hall–Kier alpha value is -2.86. The highest BCUT2D eigenvalue weighted by Crippen LogP contribution is 2.55. The molecule has 0 spiro atoms. The van der Waals surface area contributed by atoms with Crippen molar-refractivity contribution in [2.75, 3.05) is 31.1 Å². The summed E-state index contributed by atoms with van der Waals surface area (Å²) in [7, 11) is -1.27. The van der Waals surface area contributed by atoms with Gasteiger partial charge in [-0.25, -0.2) is 0 Å². The molecule has 1 aromatic rings. The third kappa shape index (κ3) is 4.95. The number of allylic oxidation sites excluding steroid dienone is 3. The van der Waals surface area contributed by atoms with E-state index < -0.39 is 42.2 Å². The van der Waals surface area contributed by atoms with Crippen molar-refractivity contribution < 1.29 is 32.1 Å². The Morgan fingerprint density at radius 3 is 2.13 bits per heavy atom. The zero-order valence-electron chi connectivity index (χ0n) is 22.4. The normalized spacial score (nSPS) is 25.2. The number of carbonyl (C=O) groups is 2. The van der Waals surface area contributed by atoms with Gasteiger partial charge in [0.2, 0.25) is 11.8 Å². The maximum atomic E-state index is 15.3. The molecule has 2 amide bonds. The fraction of sp³-hybridized carbons (Fsp3) is 0.577. The van der Waals surface area contributed by atoms with E-state index in [-0.39, 0.29) is 29.1 Å². The molecule has 1 unspecified atom stereocenters. The minimum Gasteiger partial charge on any atom is -0.400 e. The lowest BCUT2D eigenvalue weighted by atomic mass is 9.56. The van der Waals surface area contributed by atoms with Gasteiger partial charge in [0.1, 0.15) is 5.41 Å². The molecule has 1 aliphatic carbocycles. The molecule has 4 rings (SSSR count). The number of primary amides is 1. The van der Waals surface area contributed by atoms with Gasteiger partial charge in [0.15, 0.2) is 0 Å². The molecule has 3 heterocycles. The Labute approximate surface area is 221 Å². The van der Waals surface area contributed by atoms with Gasteiger partial charge in [-0.15, -0.1) is 0 Å². The largest absolute Gasteiger partial charge is 0.491 e. The van der Waals surface area contributed by atoms with Crippen molar-refractivity contribution in [3.05, 3.63) is 47.2 Å². The SMILES string of the molecule is CC(=O)N1CCN(c2ccc(C3(C(F)(F)F)CC(CC(N)=O)=CC=C3B3OC(C)(C)C(C)(C)O3)nc2)CC1. The second-order valence-electron chi connectivity index (χ2n) is 11.2. The van der Waals surface area contributed by atoms with Crippen molar-refractivity contribution in [3.63, 3.8) is 0 Å². The number of aromatic nitrogens is 1. The highest BCUT2D eigenvalue weighted by molar-refractivity contribution is 6.55. The standard InChI is InChI=1S/C26H34BF3N4O4/c1-17(35)33-10-12-34(13-11-33)19-7-9-21(32-16-19)25(26(28,29)30)15-18(14-22(31)36)6-8-20(25)27-37-23(2,3)24(4,5)38-27/h6-9,16H,10-15H2,1-5H3,(H2,31,36). The molecule has 1 aromatic heterocycles. The number of alkyl halides is 3. The maximum absolute atomic E-state index is 15.3. The molecule has 2 fully saturated rings. The number of carbonyl (C=O) groups excluding carboxylic acids is 2. The van der Waals surface area contributed by atoms with Gasteiger partial charge < -0.3 is 24.8 Å². The molecule has 2 aliphatic heterocycles. The van der Waals surface area contributed by atoms with Crippen LogP contribution in [0.1, 0.15) is 53.2 Å². The summed E-state index contributed by atoms with van der Waals surface area (Å²) in [5.74, 6) is -0.725. The lowest BCUT2D eigenvalue weighted by Crippen LogP contribution is -2.51.